The number of nitrogens with zero attached hydrogens (tertiary/aromatic N) is 3. The van der Waals surface area contributed by atoms with Crippen LogP contribution in [0.1, 0.15) is 60.9 Å². The van der Waals surface area contributed by atoms with Gasteiger partial charge in [0.1, 0.15) is 5.69 Å². The molecule has 0 unspecified atom stereocenters. The second kappa shape index (κ2) is 6.48. The molecule has 1 aliphatic rings. The van der Waals surface area contributed by atoms with E-state index in [2.05, 4.69) is 15.4 Å². The predicted octanol–water partition coefficient (Wildman–Crippen LogP) is 3.54. The molecule has 22 heavy (non-hydrogen) atoms. The fraction of sp³-hybridized carbons (Fsp3) is 0.438. The van der Waals surface area contributed by atoms with Gasteiger partial charge in [0.2, 0.25) is 0 Å². The third kappa shape index (κ3) is 3.14. The van der Waals surface area contributed by atoms with Crippen molar-refractivity contribution < 1.29 is 4.79 Å². The lowest BCUT2D eigenvalue weighted by Gasteiger charge is -2.17. The molecule has 0 bridgehead atoms. The average Bonchev–Trinajstić information content (AvgIpc) is 3.18. The second-order valence-corrected chi connectivity index (χ2v) is 6.13. The summed E-state index contributed by atoms with van der Waals surface area (Å²) in [5.41, 5.74) is 1.40. The Bertz CT molecular complexity index is 646. The van der Waals surface area contributed by atoms with Crippen LogP contribution in [0, 0.1) is 0 Å². The smallest absolute Gasteiger partial charge is 0.270 e. The van der Waals surface area contributed by atoms with Gasteiger partial charge in [0.25, 0.3) is 5.91 Å². The van der Waals surface area contributed by atoms with Gasteiger partial charge in [0, 0.05) is 12.4 Å². The van der Waals surface area contributed by atoms with Crippen LogP contribution in [0.3, 0.4) is 0 Å². The van der Waals surface area contributed by atoms with Crippen molar-refractivity contribution in [3.8, 4) is 0 Å². The van der Waals surface area contributed by atoms with Gasteiger partial charge in [-0.2, -0.15) is 5.10 Å². The van der Waals surface area contributed by atoms with Crippen molar-refractivity contribution in [2.75, 3.05) is 0 Å². The minimum Gasteiger partial charge on any atom is -0.343 e. The monoisotopic (exact) mass is 318 g/mol. The summed E-state index contributed by atoms with van der Waals surface area (Å²) in [5, 5.41) is 7.90. The van der Waals surface area contributed by atoms with Gasteiger partial charge < -0.3 is 5.32 Å². The highest BCUT2D eigenvalue weighted by atomic mass is 35.5. The molecule has 0 aliphatic heterocycles. The summed E-state index contributed by atoms with van der Waals surface area (Å²) in [6.07, 6.45) is 7.88. The molecule has 1 amide bonds. The molecule has 0 aromatic carbocycles. The van der Waals surface area contributed by atoms with Crippen LogP contribution < -0.4 is 5.32 Å². The van der Waals surface area contributed by atoms with Crippen molar-refractivity contribution in [1.82, 2.24) is 20.1 Å². The molecule has 3 rings (SSSR count). The lowest BCUT2D eigenvalue weighted by molar-refractivity contribution is 0.0925. The van der Waals surface area contributed by atoms with E-state index >= 15 is 0 Å². The molecular weight excluding hydrogens is 300 g/mol. The van der Waals surface area contributed by atoms with E-state index < -0.39 is 0 Å². The van der Waals surface area contributed by atoms with Gasteiger partial charge in [0.15, 0.2) is 0 Å². The molecule has 2 heterocycles. The molecule has 1 N–H and O–H groups in total. The van der Waals surface area contributed by atoms with Crippen molar-refractivity contribution >= 4 is 17.5 Å². The first-order valence-corrected chi connectivity index (χ1v) is 7.99. The maximum atomic E-state index is 12.5. The van der Waals surface area contributed by atoms with Crippen LogP contribution in [0.25, 0.3) is 0 Å². The van der Waals surface area contributed by atoms with Crippen molar-refractivity contribution in [3.05, 3.63) is 47.0 Å². The first-order chi connectivity index (χ1) is 10.6. The van der Waals surface area contributed by atoms with Gasteiger partial charge >= 0.3 is 0 Å². The number of rotatable bonds is 4. The minimum atomic E-state index is -0.184. The molecule has 0 saturated heterocycles. The number of carbonyl (C=O) groups is 1. The Morgan fingerprint density at radius 1 is 1.36 bits per heavy atom. The number of aromatic nitrogens is 3. The first-order valence-electron chi connectivity index (χ1n) is 7.61. The van der Waals surface area contributed by atoms with E-state index in [1.165, 1.54) is 12.8 Å². The molecule has 2 aromatic heterocycles. The topological polar surface area (TPSA) is 59.8 Å². The van der Waals surface area contributed by atoms with Crippen LogP contribution in [0.2, 0.25) is 5.02 Å². The quantitative estimate of drug-likeness (QED) is 0.938. The Labute approximate surface area is 134 Å². The van der Waals surface area contributed by atoms with E-state index in [0.29, 0.717) is 16.8 Å². The Morgan fingerprint density at radius 3 is 2.82 bits per heavy atom. The number of nitrogens with one attached hydrogen (secondary N) is 1. The summed E-state index contributed by atoms with van der Waals surface area (Å²) in [6.45, 7) is 1.91. The fourth-order valence-electron chi connectivity index (χ4n) is 2.92. The van der Waals surface area contributed by atoms with Crippen molar-refractivity contribution in [2.45, 2.75) is 44.7 Å². The molecule has 6 heteroatoms. The molecule has 0 spiro atoms. The number of carbonyl (C=O) groups excluding carboxylic acids is 1. The molecule has 5 nitrogen and oxygen atoms in total. The Balaban J connectivity index is 1.72. The zero-order valence-electron chi connectivity index (χ0n) is 12.5. The second-order valence-electron chi connectivity index (χ2n) is 5.70. The number of hydrogen-bond donors (Lipinski definition) is 1. The molecule has 116 valence electrons. The minimum absolute atomic E-state index is 0.117. The standard InChI is InChI=1S/C16H19ClN4O/c1-11(14-7-6-12(17)10-18-14)20-16(22)15-8-9-19-21(15)13-4-2-3-5-13/h6-11,13H,2-5H2,1H3,(H,20,22)/t11-/m0/s1. The Kier molecular flexibility index (Phi) is 4.43. The maximum absolute atomic E-state index is 12.5. The lowest BCUT2D eigenvalue weighted by atomic mass is 10.2. The molecular formula is C16H19ClN4O. The lowest BCUT2D eigenvalue weighted by Crippen LogP contribution is -2.30. The summed E-state index contributed by atoms with van der Waals surface area (Å²) in [7, 11) is 0. The molecule has 1 saturated carbocycles. The number of hydrogen-bond acceptors (Lipinski definition) is 3. The maximum Gasteiger partial charge on any atom is 0.270 e. The molecule has 1 atom stereocenters. The summed E-state index contributed by atoms with van der Waals surface area (Å²) in [4.78, 5) is 16.8. The highest BCUT2D eigenvalue weighted by molar-refractivity contribution is 6.30. The summed E-state index contributed by atoms with van der Waals surface area (Å²) < 4.78 is 1.87. The third-order valence-electron chi connectivity index (χ3n) is 4.12. The number of halogens is 1. The number of amides is 1. The van der Waals surface area contributed by atoms with Gasteiger partial charge in [-0.15, -0.1) is 0 Å². The van der Waals surface area contributed by atoms with Crippen molar-refractivity contribution in [1.29, 1.82) is 0 Å². The van der Waals surface area contributed by atoms with Crippen LogP contribution in [-0.4, -0.2) is 20.7 Å². The van der Waals surface area contributed by atoms with Crippen molar-refractivity contribution in [3.63, 3.8) is 0 Å². The summed E-state index contributed by atoms with van der Waals surface area (Å²) in [6, 6.07) is 5.53. The van der Waals surface area contributed by atoms with Crippen LogP contribution in [-0.2, 0) is 0 Å². The van der Waals surface area contributed by atoms with E-state index in [0.717, 1.165) is 18.5 Å². The molecule has 2 aromatic rings. The summed E-state index contributed by atoms with van der Waals surface area (Å²) >= 11 is 5.84. The van der Waals surface area contributed by atoms with E-state index in [1.54, 1.807) is 24.5 Å². The SMILES string of the molecule is C[C@H](NC(=O)c1ccnn1C1CCCC1)c1ccc(Cl)cn1. The van der Waals surface area contributed by atoms with Gasteiger partial charge in [-0.1, -0.05) is 24.4 Å². The van der Waals surface area contributed by atoms with E-state index in [4.69, 9.17) is 11.6 Å². The van der Waals surface area contributed by atoms with Crippen LogP contribution in [0.15, 0.2) is 30.6 Å². The predicted molar refractivity (Wildman–Crippen MR) is 84.9 cm³/mol. The Morgan fingerprint density at radius 2 is 2.14 bits per heavy atom. The highest BCUT2D eigenvalue weighted by Crippen LogP contribution is 2.29. The van der Waals surface area contributed by atoms with Crippen LogP contribution in [0.4, 0.5) is 0 Å². The largest absolute Gasteiger partial charge is 0.343 e. The van der Waals surface area contributed by atoms with Gasteiger partial charge in [-0.05, 0) is 38.0 Å². The normalized spacial score (nSPS) is 16.6. The highest BCUT2D eigenvalue weighted by Gasteiger charge is 2.23. The van der Waals surface area contributed by atoms with Crippen LogP contribution in [0.5, 0.6) is 0 Å². The van der Waals surface area contributed by atoms with Gasteiger partial charge in [-0.3, -0.25) is 14.5 Å². The van der Waals surface area contributed by atoms with Crippen LogP contribution >= 0.6 is 11.6 Å². The van der Waals surface area contributed by atoms with E-state index in [1.807, 2.05) is 17.7 Å². The van der Waals surface area contributed by atoms with Gasteiger partial charge in [0.05, 0.1) is 22.8 Å². The Hall–Kier alpha value is -1.88. The third-order valence-corrected chi connectivity index (χ3v) is 4.34. The van der Waals surface area contributed by atoms with Gasteiger partial charge in [-0.25, -0.2) is 0 Å². The van der Waals surface area contributed by atoms with E-state index in [9.17, 15) is 4.79 Å². The fourth-order valence-corrected chi connectivity index (χ4v) is 3.03. The molecule has 1 fully saturated rings. The molecule has 0 radical (unpaired) electrons. The first kappa shape index (κ1) is 15.0. The van der Waals surface area contributed by atoms with E-state index in [-0.39, 0.29) is 11.9 Å². The zero-order chi connectivity index (χ0) is 15.5. The zero-order valence-corrected chi connectivity index (χ0v) is 13.3. The summed E-state index contributed by atoms with van der Waals surface area (Å²) in [5.74, 6) is -0.117. The van der Waals surface area contributed by atoms with Crippen molar-refractivity contribution in [2.24, 2.45) is 0 Å². The average molecular weight is 319 g/mol. The number of pyridine rings is 1. The molecule has 1 aliphatic carbocycles.